The van der Waals surface area contributed by atoms with E-state index in [4.69, 9.17) is 0 Å². The smallest absolute Gasteiger partial charge is 0.237 e. The third-order valence-corrected chi connectivity index (χ3v) is 3.98. The Kier molecular flexibility index (Phi) is 6.46. The molecule has 0 aromatic heterocycles. The van der Waals surface area contributed by atoms with Crippen molar-refractivity contribution in [3.63, 3.8) is 0 Å². The fourth-order valence-corrected chi connectivity index (χ4v) is 3.20. The van der Waals surface area contributed by atoms with Crippen molar-refractivity contribution in [2.75, 3.05) is 19.6 Å². The summed E-state index contributed by atoms with van der Waals surface area (Å²) in [5, 5.41) is 9.92. The van der Waals surface area contributed by atoms with Gasteiger partial charge in [0, 0.05) is 18.6 Å². The molecule has 0 spiro atoms. The van der Waals surface area contributed by atoms with Gasteiger partial charge in [0.15, 0.2) is 0 Å². The van der Waals surface area contributed by atoms with Crippen molar-refractivity contribution < 1.29 is 9.90 Å². The third kappa shape index (κ3) is 5.41. The average Bonchev–Trinajstić information content (AvgIpc) is 2.79. The van der Waals surface area contributed by atoms with Gasteiger partial charge in [0.1, 0.15) is 0 Å². The molecule has 20 heavy (non-hydrogen) atoms. The second-order valence-electron chi connectivity index (χ2n) is 6.95. The lowest BCUT2D eigenvalue weighted by Gasteiger charge is -2.35. The van der Waals surface area contributed by atoms with Crippen molar-refractivity contribution in [1.82, 2.24) is 9.80 Å². The summed E-state index contributed by atoms with van der Waals surface area (Å²) in [6.07, 6.45) is 4.76. The summed E-state index contributed by atoms with van der Waals surface area (Å²) in [7, 11) is 0. The van der Waals surface area contributed by atoms with Crippen molar-refractivity contribution in [2.45, 2.75) is 78.0 Å². The van der Waals surface area contributed by atoms with Gasteiger partial charge >= 0.3 is 0 Å². The van der Waals surface area contributed by atoms with Crippen LogP contribution in [0.15, 0.2) is 0 Å². The largest absolute Gasteiger partial charge is 0.389 e. The topological polar surface area (TPSA) is 43.8 Å². The SMILES string of the molecule is CCN(CC(=O)N(C(C)C)C1CCCC1)CC(C)(C)O. The summed E-state index contributed by atoms with van der Waals surface area (Å²) in [4.78, 5) is 16.7. The number of carbonyl (C=O) groups is 1. The monoisotopic (exact) mass is 284 g/mol. The highest BCUT2D eigenvalue weighted by molar-refractivity contribution is 5.79. The molecule has 1 fully saturated rings. The molecule has 4 nitrogen and oxygen atoms in total. The summed E-state index contributed by atoms with van der Waals surface area (Å²) in [6, 6.07) is 0.676. The van der Waals surface area contributed by atoms with Gasteiger partial charge < -0.3 is 10.0 Å². The molecule has 0 aromatic carbocycles. The lowest BCUT2D eigenvalue weighted by atomic mass is 10.1. The van der Waals surface area contributed by atoms with Crippen LogP contribution in [0.5, 0.6) is 0 Å². The van der Waals surface area contributed by atoms with Crippen molar-refractivity contribution in [1.29, 1.82) is 0 Å². The summed E-state index contributed by atoms with van der Waals surface area (Å²) < 4.78 is 0. The second kappa shape index (κ2) is 7.41. The van der Waals surface area contributed by atoms with Crippen LogP contribution in [0.25, 0.3) is 0 Å². The number of rotatable bonds is 7. The first-order valence-electron chi connectivity index (χ1n) is 8.00. The maximum Gasteiger partial charge on any atom is 0.237 e. The van der Waals surface area contributed by atoms with Crippen molar-refractivity contribution >= 4 is 5.91 Å². The van der Waals surface area contributed by atoms with Crippen LogP contribution in [0.4, 0.5) is 0 Å². The molecule has 0 bridgehead atoms. The Morgan fingerprint density at radius 1 is 1.30 bits per heavy atom. The summed E-state index contributed by atoms with van der Waals surface area (Å²) in [6.45, 7) is 11.5. The van der Waals surface area contributed by atoms with E-state index in [0.717, 1.165) is 19.4 Å². The van der Waals surface area contributed by atoms with E-state index in [1.807, 2.05) is 11.8 Å². The molecule has 0 radical (unpaired) electrons. The molecule has 1 amide bonds. The number of hydrogen-bond donors (Lipinski definition) is 1. The van der Waals surface area contributed by atoms with E-state index < -0.39 is 5.60 Å². The molecule has 1 rings (SSSR count). The number of hydrogen-bond acceptors (Lipinski definition) is 3. The van der Waals surface area contributed by atoms with Crippen LogP contribution in [0.2, 0.25) is 0 Å². The van der Waals surface area contributed by atoms with Gasteiger partial charge in [-0.1, -0.05) is 19.8 Å². The van der Waals surface area contributed by atoms with Gasteiger partial charge in [-0.3, -0.25) is 9.69 Å². The predicted octanol–water partition coefficient (Wildman–Crippen LogP) is 2.26. The maximum absolute atomic E-state index is 12.6. The number of carbonyl (C=O) groups excluding carboxylic acids is 1. The van der Waals surface area contributed by atoms with E-state index >= 15 is 0 Å². The Morgan fingerprint density at radius 3 is 2.25 bits per heavy atom. The van der Waals surface area contributed by atoms with E-state index in [9.17, 15) is 9.90 Å². The molecule has 1 aliphatic rings. The van der Waals surface area contributed by atoms with E-state index in [1.165, 1.54) is 12.8 Å². The number of nitrogens with zero attached hydrogens (tertiary/aromatic N) is 2. The molecular weight excluding hydrogens is 252 g/mol. The minimum absolute atomic E-state index is 0.206. The first-order valence-corrected chi connectivity index (χ1v) is 8.00. The van der Waals surface area contributed by atoms with Gasteiger partial charge in [0.25, 0.3) is 0 Å². The Morgan fingerprint density at radius 2 is 1.85 bits per heavy atom. The molecule has 0 saturated heterocycles. The van der Waals surface area contributed by atoms with Gasteiger partial charge in [-0.05, 0) is 47.1 Å². The van der Waals surface area contributed by atoms with Crippen molar-refractivity contribution in [3.05, 3.63) is 0 Å². The predicted molar refractivity (Wildman–Crippen MR) is 82.6 cm³/mol. The highest BCUT2D eigenvalue weighted by atomic mass is 16.3. The minimum Gasteiger partial charge on any atom is -0.389 e. The fraction of sp³-hybridized carbons (Fsp3) is 0.938. The minimum atomic E-state index is -0.758. The number of likely N-dealkylation sites (N-methyl/N-ethyl adjacent to an activating group) is 1. The van der Waals surface area contributed by atoms with Crippen LogP contribution in [-0.2, 0) is 4.79 Å². The lowest BCUT2D eigenvalue weighted by Crippen LogP contribution is -2.50. The first kappa shape index (κ1) is 17.4. The molecule has 118 valence electrons. The Bertz CT molecular complexity index is 304. The van der Waals surface area contributed by atoms with E-state index in [-0.39, 0.29) is 11.9 Å². The Labute approximate surface area is 124 Å². The van der Waals surface area contributed by atoms with Crippen LogP contribution in [0.1, 0.15) is 60.3 Å². The molecular formula is C16H32N2O2. The van der Waals surface area contributed by atoms with Gasteiger partial charge in [-0.2, -0.15) is 0 Å². The molecule has 0 heterocycles. The maximum atomic E-state index is 12.6. The summed E-state index contributed by atoms with van der Waals surface area (Å²) in [5.74, 6) is 0.206. The quantitative estimate of drug-likeness (QED) is 0.780. The molecule has 1 N–H and O–H groups in total. The van der Waals surface area contributed by atoms with Crippen LogP contribution >= 0.6 is 0 Å². The molecule has 1 aliphatic carbocycles. The van der Waals surface area contributed by atoms with Crippen LogP contribution < -0.4 is 0 Å². The fourth-order valence-electron chi connectivity index (χ4n) is 3.20. The highest BCUT2D eigenvalue weighted by Gasteiger charge is 2.30. The van der Waals surface area contributed by atoms with Crippen LogP contribution in [-0.4, -0.2) is 58.1 Å². The van der Waals surface area contributed by atoms with Crippen LogP contribution in [0.3, 0.4) is 0 Å². The summed E-state index contributed by atoms with van der Waals surface area (Å²) in [5.41, 5.74) is -0.758. The molecule has 0 aliphatic heterocycles. The summed E-state index contributed by atoms with van der Waals surface area (Å²) >= 11 is 0. The van der Waals surface area contributed by atoms with Crippen molar-refractivity contribution in [3.8, 4) is 0 Å². The number of aliphatic hydroxyl groups is 1. The molecule has 4 heteroatoms. The first-order chi connectivity index (χ1) is 9.24. The Hall–Kier alpha value is -0.610. The van der Waals surface area contributed by atoms with E-state index in [0.29, 0.717) is 19.1 Å². The van der Waals surface area contributed by atoms with Crippen molar-refractivity contribution in [2.24, 2.45) is 0 Å². The Balaban J connectivity index is 2.64. The van der Waals surface area contributed by atoms with Crippen LogP contribution in [0, 0.1) is 0 Å². The van der Waals surface area contributed by atoms with Gasteiger partial charge in [0.05, 0.1) is 12.1 Å². The highest BCUT2D eigenvalue weighted by Crippen LogP contribution is 2.25. The normalized spacial score (nSPS) is 17.2. The van der Waals surface area contributed by atoms with E-state index in [1.54, 1.807) is 13.8 Å². The average molecular weight is 284 g/mol. The standard InChI is InChI=1S/C16H32N2O2/c1-6-17(12-16(4,5)20)11-15(19)18(13(2)3)14-9-7-8-10-14/h13-14,20H,6-12H2,1-5H3. The third-order valence-electron chi connectivity index (χ3n) is 3.98. The number of amides is 1. The molecule has 0 atom stereocenters. The zero-order valence-corrected chi connectivity index (χ0v) is 13.9. The molecule has 0 unspecified atom stereocenters. The zero-order chi connectivity index (χ0) is 15.3. The van der Waals surface area contributed by atoms with E-state index in [2.05, 4.69) is 18.7 Å². The molecule has 0 aromatic rings. The van der Waals surface area contributed by atoms with Gasteiger partial charge in [0.2, 0.25) is 5.91 Å². The van der Waals surface area contributed by atoms with Gasteiger partial charge in [-0.15, -0.1) is 0 Å². The second-order valence-corrected chi connectivity index (χ2v) is 6.95. The zero-order valence-electron chi connectivity index (χ0n) is 13.9. The van der Waals surface area contributed by atoms with Gasteiger partial charge in [-0.25, -0.2) is 0 Å². The molecule has 1 saturated carbocycles. The lowest BCUT2D eigenvalue weighted by molar-refractivity contribution is -0.137.